The summed E-state index contributed by atoms with van der Waals surface area (Å²) in [5.41, 5.74) is -3.08. The van der Waals surface area contributed by atoms with Gasteiger partial charge in [-0.25, -0.2) is 4.79 Å². The molecule has 0 atom stereocenters. The van der Waals surface area contributed by atoms with Gasteiger partial charge in [-0.05, 0) is 0 Å². The van der Waals surface area contributed by atoms with E-state index in [-0.39, 0.29) is 0 Å². The number of aliphatic hydroxyl groups is 1. The van der Waals surface area contributed by atoms with Crippen LogP contribution in [0, 0.1) is 10.8 Å². The van der Waals surface area contributed by atoms with Crippen molar-refractivity contribution < 1.29 is 15.0 Å². The van der Waals surface area contributed by atoms with Crippen molar-refractivity contribution in [1.82, 2.24) is 0 Å². The number of carbonyl (C=O) groups is 1. The van der Waals surface area contributed by atoms with Gasteiger partial charge in [-0.1, -0.05) is 41.5 Å². The molecule has 0 aliphatic carbocycles. The molecule has 0 aromatic carbocycles. The molecule has 0 aromatic rings. The SMILES string of the molecule is CC(C)(C)C(O)(C(=O)O)C(C)(C)C. The van der Waals surface area contributed by atoms with Crippen molar-refractivity contribution in [3.63, 3.8) is 0 Å². The Morgan fingerprint density at radius 2 is 1.15 bits per heavy atom. The zero-order chi connectivity index (χ0) is 11.1. The highest BCUT2D eigenvalue weighted by Gasteiger charge is 2.55. The second-order valence-corrected chi connectivity index (χ2v) is 5.52. The number of rotatable bonds is 1. The Hall–Kier alpha value is -0.570. The van der Waals surface area contributed by atoms with E-state index in [9.17, 15) is 9.90 Å². The molecule has 78 valence electrons. The standard InChI is InChI=1S/C10H20O3/c1-8(2,3)10(13,7(11)12)9(4,5)6/h13H,1-6H3,(H,11,12). The Morgan fingerprint density at radius 3 is 1.15 bits per heavy atom. The maximum atomic E-state index is 11.1. The Kier molecular flexibility index (Phi) is 2.85. The summed E-state index contributed by atoms with van der Waals surface area (Å²) in [6.45, 7) is 10.4. The maximum Gasteiger partial charge on any atom is 0.336 e. The average Bonchev–Trinajstić information content (AvgIpc) is 1.80. The zero-order valence-electron chi connectivity index (χ0n) is 9.30. The predicted octanol–water partition coefficient (Wildman–Crippen LogP) is 1.89. The van der Waals surface area contributed by atoms with Crippen LogP contribution in [0.2, 0.25) is 0 Å². The van der Waals surface area contributed by atoms with Crippen molar-refractivity contribution in [2.45, 2.75) is 47.1 Å². The molecule has 0 rings (SSSR count). The number of aliphatic carboxylic acids is 1. The fourth-order valence-corrected chi connectivity index (χ4v) is 1.77. The van der Waals surface area contributed by atoms with Crippen molar-refractivity contribution >= 4 is 5.97 Å². The molecule has 0 saturated carbocycles. The van der Waals surface area contributed by atoms with Gasteiger partial charge in [-0.2, -0.15) is 0 Å². The Balaban J connectivity index is 5.35. The molecule has 3 heteroatoms. The van der Waals surface area contributed by atoms with Crippen LogP contribution in [0.3, 0.4) is 0 Å². The highest BCUT2D eigenvalue weighted by molar-refractivity contribution is 5.79. The summed E-state index contributed by atoms with van der Waals surface area (Å²) in [6.07, 6.45) is 0. The van der Waals surface area contributed by atoms with E-state index in [1.807, 2.05) is 0 Å². The summed E-state index contributed by atoms with van der Waals surface area (Å²) in [5, 5.41) is 19.2. The van der Waals surface area contributed by atoms with E-state index in [4.69, 9.17) is 5.11 Å². The first kappa shape index (κ1) is 12.4. The highest BCUT2D eigenvalue weighted by atomic mass is 16.4. The second kappa shape index (κ2) is 2.98. The minimum atomic E-state index is -1.71. The van der Waals surface area contributed by atoms with E-state index in [2.05, 4.69) is 0 Å². The Bertz CT molecular complexity index is 191. The number of hydrogen-bond acceptors (Lipinski definition) is 2. The van der Waals surface area contributed by atoms with Gasteiger partial charge in [0.25, 0.3) is 0 Å². The van der Waals surface area contributed by atoms with Gasteiger partial charge in [0.05, 0.1) is 0 Å². The quantitative estimate of drug-likeness (QED) is 0.660. The predicted molar refractivity (Wildman–Crippen MR) is 51.5 cm³/mol. The fourth-order valence-electron chi connectivity index (χ4n) is 1.77. The van der Waals surface area contributed by atoms with Crippen molar-refractivity contribution in [3.8, 4) is 0 Å². The van der Waals surface area contributed by atoms with Gasteiger partial charge in [0, 0.05) is 10.8 Å². The summed E-state index contributed by atoms with van der Waals surface area (Å²) < 4.78 is 0. The lowest BCUT2D eigenvalue weighted by molar-refractivity contribution is -0.192. The van der Waals surface area contributed by atoms with E-state index < -0.39 is 22.4 Å². The van der Waals surface area contributed by atoms with Crippen LogP contribution < -0.4 is 0 Å². The molecule has 13 heavy (non-hydrogen) atoms. The van der Waals surface area contributed by atoms with E-state index in [1.165, 1.54) is 0 Å². The molecule has 0 saturated heterocycles. The first-order valence-corrected chi connectivity index (χ1v) is 4.40. The lowest BCUT2D eigenvalue weighted by atomic mass is 9.62. The maximum absolute atomic E-state index is 11.1. The van der Waals surface area contributed by atoms with Crippen LogP contribution >= 0.6 is 0 Å². The van der Waals surface area contributed by atoms with Crippen molar-refractivity contribution in [2.75, 3.05) is 0 Å². The largest absolute Gasteiger partial charge is 0.479 e. The third-order valence-electron chi connectivity index (χ3n) is 2.48. The van der Waals surface area contributed by atoms with Gasteiger partial charge >= 0.3 is 5.97 Å². The minimum absolute atomic E-state index is 0.683. The van der Waals surface area contributed by atoms with Crippen LogP contribution in [0.5, 0.6) is 0 Å². The lowest BCUT2D eigenvalue weighted by Crippen LogP contribution is -2.58. The molecule has 3 nitrogen and oxygen atoms in total. The molecular formula is C10H20O3. The molecule has 0 heterocycles. The molecule has 0 aromatic heterocycles. The van der Waals surface area contributed by atoms with Crippen LogP contribution in [-0.4, -0.2) is 21.8 Å². The first-order valence-electron chi connectivity index (χ1n) is 4.40. The monoisotopic (exact) mass is 188 g/mol. The number of carboxylic acids is 1. The van der Waals surface area contributed by atoms with Gasteiger partial charge in [0.1, 0.15) is 0 Å². The molecule has 0 fully saturated rings. The first-order chi connectivity index (χ1) is 5.44. The van der Waals surface area contributed by atoms with Crippen molar-refractivity contribution in [2.24, 2.45) is 10.8 Å². The zero-order valence-corrected chi connectivity index (χ0v) is 9.30. The van der Waals surface area contributed by atoms with Gasteiger partial charge in [0.2, 0.25) is 0 Å². The summed E-state index contributed by atoms with van der Waals surface area (Å²) in [6, 6.07) is 0. The van der Waals surface area contributed by atoms with Crippen LogP contribution in [-0.2, 0) is 4.79 Å². The Labute approximate surface area is 79.8 Å². The van der Waals surface area contributed by atoms with E-state index in [1.54, 1.807) is 41.5 Å². The van der Waals surface area contributed by atoms with Crippen LogP contribution in [0.15, 0.2) is 0 Å². The van der Waals surface area contributed by atoms with Gasteiger partial charge in [-0.15, -0.1) is 0 Å². The molecule has 0 bridgehead atoms. The molecule has 0 amide bonds. The third-order valence-corrected chi connectivity index (χ3v) is 2.48. The Morgan fingerprint density at radius 1 is 0.923 bits per heavy atom. The van der Waals surface area contributed by atoms with Crippen LogP contribution in [0.1, 0.15) is 41.5 Å². The number of hydrogen-bond donors (Lipinski definition) is 2. The van der Waals surface area contributed by atoms with E-state index >= 15 is 0 Å². The minimum Gasteiger partial charge on any atom is -0.479 e. The van der Waals surface area contributed by atoms with Gasteiger partial charge in [-0.3, -0.25) is 0 Å². The van der Waals surface area contributed by atoms with Crippen LogP contribution in [0.4, 0.5) is 0 Å². The fraction of sp³-hybridized carbons (Fsp3) is 0.900. The van der Waals surface area contributed by atoms with E-state index in [0.29, 0.717) is 0 Å². The molecule has 0 unspecified atom stereocenters. The normalized spacial score (nSPS) is 14.4. The molecule has 0 radical (unpaired) electrons. The molecule has 0 aliphatic rings. The molecule has 2 N–H and O–H groups in total. The molecule has 0 aliphatic heterocycles. The molecular weight excluding hydrogens is 168 g/mol. The lowest BCUT2D eigenvalue weighted by Gasteiger charge is -2.45. The summed E-state index contributed by atoms with van der Waals surface area (Å²) in [5.74, 6) is -1.16. The van der Waals surface area contributed by atoms with E-state index in [0.717, 1.165) is 0 Å². The molecule has 0 spiro atoms. The van der Waals surface area contributed by atoms with Crippen LogP contribution in [0.25, 0.3) is 0 Å². The van der Waals surface area contributed by atoms with Crippen molar-refractivity contribution in [1.29, 1.82) is 0 Å². The second-order valence-electron chi connectivity index (χ2n) is 5.52. The topological polar surface area (TPSA) is 57.5 Å². The summed E-state index contributed by atoms with van der Waals surface area (Å²) >= 11 is 0. The van der Waals surface area contributed by atoms with Crippen molar-refractivity contribution in [3.05, 3.63) is 0 Å². The third kappa shape index (κ3) is 1.85. The highest BCUT2D eigenvalue weighted by Crippen LogP contribution is 2.43. The summed E-state index contributed by atoms with van der Waals surface area (Å²) in [7, 11) is 0. The smallest absolute Gasteiger partial charge is 0.336 e. The van der Waals surface area contributed by atoms with Gasteiger partial charge < -0.3 is 10.2 Å². The number of carboxylic acid groups (broad SMARTS) is 1. The summed E-state index contributed by atoms with van der Waals surface area (Å²) in [4.78, 5) is 11.1. The average molecular weight is 188 g/mol. The van der Waals surface area contributed by atoms with Gasteiger partial charge in [0.15, 0.2) is 5.60 Å².